The number of nitrogens with two attached hydrogens (primary N) is 1. The Balaban J connectivity index is 2.11. The predicted molar refractivity (Wildman–Crippen MR) is 60.0 cm³/mol. The lowest BCUT2D eigenvalue weighted by atomic mass is 10.1. The Bertz CT molecular complexity index is 460. The fraction of sp³-hybridized carbons (Fsp3) is 0.250. The number of phenols is 1. The summed E-state index contributed by atoms with van der Waals surface area (Å²) < 4.78 is 5.48. The Kier molecular flexibility index (Phi) is 2.92. The van der Waals surface area contributed by atoms with Crippen LogP contribution < -0.4 is 5.73 Å². The molecule has 0 radical (unpaired) electrons. The summed E-state index contributed by atoms with van der Waals surface area (Å²) in [5, 5.41) is 9.14. The van der Waals surface area contributed by atoms with Gasteiger partial charge in [0.1, 0.15) is 11.5 Å². The Morgan fingerprint density at radius 2 is 2.06 bits per heavy atom. The molecule has 3 N–H and O–H groups in total. The molecule has 0 bridgehead atoms. The van der Waals surface area contributed by atoms with Gasteiger partial charge in [-0.15, -0.1) is 0 Å². The molecule has 0 aliphatic rings. The number of nitrogens with zero attached hydrogens (tertiary/aromatic N) is 1. The largest absolute Gasteiger partial charge is 0.508 e. The van der Waals surface area contributed by atoms with Gasteiger partial charge in [-0.2, -0.15) is 0 Å². The van der Waals surface area contributed by atoms with Crippen LogP contribution in [0.3, 0.4) is 0 Å². The van der Waals surface area contributed by atoms with Gasteiger partial charge in [-0.25, -0.2) is 4.98 Å². The van der Waals surface area contributed by atoms with E-state index in [2.05, 4.69) is 4.98 Å². The lowest BCUT2D eigenvalue weighted by molar-refractivity contribution is 0.441. The second-order valence-corrected chi connectivity index (χ2v) is 3.79. The van der Waals surface area contributed by atoms with Crippen LogP contribution in [0.4, 0.5) is 0 Å². The van der Waals surface area contributed by atoms with E-state index >= 15 is 0 Å². The number of benzene rings is 1. The highest BCUT2D eigenvalue weighted by molar-refractivity contribution is 5.27. The van der Waals surface area contributed by atoms with Crippen LogP contribution >= 0.6 is 0 Å². The van der Waals surface area contributed by atoms with Crippen molar-refractivity contribution in [1.82, 2.24) is 4.98 Å². The van der Waals surface area contributed by atoms with E-state index in [1.165, 1.54) is 0 Å². The Morgan fingerprint density at radius 1 is 1.38 bits per heavy atom. The second-order valence-electron chi connectivity index (χ2n) is 3.79. The summed E-state index contributed by atoms with van der Waals surface area (Å²) in [6.45, 7) is 1.85. The lowest BCUT2D eigenvalue weighted by Gasteiger charge is -1.99. The zero-order valence-corrected chi connectivity index (χ0v) is 9.05. The standard InChI is InChI=1S/C12H14N2O2/c1-8(13)11-7-14-12(16-11)6-9-2-4-10(15)5-3-9/h2-5,7-8,15H,6,13H2,1H3. The van der Waals surface area contributed by atoms with Crippen LogP contribution in [0.25, 0.3) is 0 Å². The minimum absolute atomic E-state index is 0.138. The number of hydrogen-bond donors (Lipinski definition) is 2. The molecule has 0 amide bonds. The van der Waals surface area contributed by atoms with Crippen molar-refractivity contribution in [3.8, 4) is 5.75 Å². The Morgan fingerprint density at radius 3 is 2.62 bits per heavy atom. The van der Waals surface area contributed by atoms with Gasteiger partial charge in [0.2, 0.25) is 0 Å². The van der Waals surface area contributed by atoms with E-state index in [1.807, 2.05) is 19.1 Å². The lowest BCUT2D eigenvalue weighted by Crippen LogP contribution is -2.02. The van der Waals surface area contributed by atoms with E-state index in [0.717, 1.165) is 5.56 Å². The number of aromatic nitrogens is 1. The molecule has 1 atom stereocenters. The van der Waals surface area contributed by atoms with Crippen molar-refractivity contribution in [3.05, 3.63) is 47.7 Å². The molecule has 1 aromatic heterocycles. The summed E-state index contributed by atoms with van der Waals surface area (Å²) in [7, 11) is 0. The summed E-state index contributed by atoms with van der Waals surface area (Å²) in [6.07, 6.45) is 2.26. The topological polar surface area (TPSA) is 72.3 Å². The molecule has 0 saturated heterocycles. The molecule has 0 aliphatic carbocycles. The highest BCUT2D eigenvalue weighted by Crippen LogP contribution is 2.16. The third kappa shape index (κ3) is 2.41. The highest BCUT2D eigenvalue weighted by Gasteiger charge is 2.08. The molecule has 0 aliphatic heterocycles. The minimum atomic E-state index is -0.138. The van der Waals surface area contributed by atoms with Crippen LogP contribution in [0.15, 0.2) is 34.9 Å². The van der Waals surface area contributed by atoms with Gasteiger partial charge in [-0.3, -0.25) is 0 Å². The molecule has 2 rings (SSSR count). The van der Waals surface area contributed by atoms with Gasteiger partial charge in [-0.1, -0.05) is 12.1 Å². The van der Waals surface area contributed by atoms with Crippen molar-refractivity contribution >= 4 is 0 Å². The number of oxazole rings is 1. The first-order valence-corrected chi connectivity index (χ1v) is 5.13. The van der Waals surface area contributed by atoms with Gasteiger partial charge >= 0.3 is 0 Å². The van der Waals surface area contributed by atoms with E-state index in [-0.39, 0.29) is 11.8 Å². The summed E-state index contributed by atoms with van der Waals surface area (Å²) >= 11 is 0. The average Bonchev–Trinajstić information content (AvgIpc) is 2.70. The van der Waals surface area contributed by atoms with E-state index in [0.29, 0.717) is 18.1 Å². The zero-order chi connectivity index (χ0) is 11.5. The predicted octanol–water partition coefficient (Wildman–Crippen LogP) is 1.99. The molecular weight excluding hydrogens is 204 g/mol. The quantitative estimate of drug-likeness (QED) is 0.826. The van der Waals surface area contributed by atoms with Gasteiger partial charge in [0.25, 0.3) is 0 Å². The summed E-state index contributed by atoms with van der Waals surface area (Å²) in [5.41, 5.74) is 6.71. The van der Waals surface area contributed by atoms with E-state index in [9.17, 15) is 0 Å². The first-order chi connectivity index (χ1) is 7.65. The molecule has 0 saturated carbocycles. The summed E-state index contributed by atoms with van der Waals surface area (Å²) in [6, 6.07) is 6.83. The minimum Gasteiger partial charge on any atom is -0.508 e. The van der Waals surface area contributed by atoms with E-state index in [1.54, 1.807) is 18.3 Å². The van der Waals surface area contributed by atoms with Crippen LogP contribution in [-0.4, -0.2) is 10.1 Å². The van der Waals surface area contributed by atoms with Crippen LogP contribution in [0, 0.1) is 0 Å². The van der Waals surface area contributed by atoms with Crippen molar-refractivity contribution in [1.29, 1.82) is 0 Å². The average molecular weight is 218 g/mol. The van der Waals surface area contributed by atoms with E-state index in [4.69, 9.17) is 15.3 Å². The van der Waals surface area contributed by atoms with Gasteiger partial charge in [0.05, 0.1) is 12.2 Å². The third-order valence-corrected chi connectivity index (χ3v) is 2.31. The zero-order valence-electron chi connectivity index (χ0n) is 9.05. The smallest absolute Gasteiger partial charge is 0.198 e. The van der Waals surface area contributed by atoms with Crippen molar-refractivity contribution in [2.24, 2.45) is 5.73 Å². The molecular formula is C12H14N2O2. The Hall–Kier alpha value is -1.81. The first kappa shape index (κ1) is 10.7. The van der Waals surface area contributed by atoms with Gasteiger partial charge < -0.3 is 15.3 Å². The normalized spacial score (nSPS) is 12.6. The van der Waals surface area contributed by atoms with Crippen LogP contribution in [-0.2, 0) is 6.42 Å². The first-order valence-electron chi connectivity index (χ1n) is 5.13. The molecule has 4 heteroatoms. The number of rotatable bonds is 3. The molecule has 1 heterocycles. The maximum atomic E-state index is 9.14. The van der Waals surface area contributed by atoms with Gasteiger partial charge in [-0.05, 0) is 24.6 Å². The maximum Gasteiger partial charge on any atom is 0.198 e. The molecule has 0 fully saturated rings. The number of phenolic OH excluding ortho intramolecular Hbond substituents is 1. The second kappa shape index (κ2) is 4.37. The monoisotopic (exact) mass is 218 g/mol. The van der Waals surface area contributed by atoms with Crippen molar-refractivity contribution < 1.29 is 9.52 Å². The van der Waals surface area contributed by atoms with Crippen LogP contribution in [0.1, 0.15) is 30.2 Å². The van der Waals surface area contributed by atoms with Gasteiger partial charge in [0, 0.05) is 6.42 Å². The van der Waals surface area contributed by atoms with Crippen LogP contribution in [0.5, 0.6) is 5.75 Å². The molecule has 1 unspecified atom stereocenters. The van der Waals surface area contributed by atoms with Crippen molar-refractivity contribution in [3.63, 3.8) is 0 Å². The maximum absolute atomic E-state index is 9.14. The molecule has 0 spiro atoms. The fourth-order valence-electron chi connectivity index (χ4n) is 1.41. The summed E-state index contributed by atoms with van der Waals surface area (Å²) in [5.74, 6) is 1.58. The van der Waals surface area contributed by atoms with E-state index < -0.39 is 0 Å². The highest BCUT2D eigenvalue weighted by atomic mass is 16.4. The Labute approximate surface area is 93.7 Å². The number of hydrogen-bond acceptors (Lipinski definition) is 4. The third-order valence-electron chi connectivity index (χ3n) is 2.31. The van der Waals surface area contributed by atoms with Crippen LogP contribution in [0.2, 0.25) is 0 Å². The molecule has 2 aromatic rings. The molecule has 16 heavy (non-hydrogen) atoms. The van der Waals surface area contributed by atoms with Crippen molar-refractivity contribution in [2.75, 3.05) is 0 Å². The van der Waals surface area contributed by atoms with Crippen molar-refractivity contribution in [2.45, 2.75) is 19.4 Å². The molecule has 1 aromatic carbocycles. The number of aromatic hydroxyl groups is 1. The summed E-state index contributed by atoms with van der Waals surface area (Å²) in [4.78, 5) is 4.15. The fourth-order valence-corrected chi connectivity index (χ4v) is 1.41. The molecule has 84 valence electrons. The SMILES string of the molecule is CC(N)c1cnc(Cc2ccc(O)cc2)o1. The molecule has 4 nitrogen and oxygen atoms in total. The van der Waals surface area contributed by atoms with Gasteiger partial charge in [0.15, 0.2) is 5.89 Å².